The lowest BCUT2D eigenvalue weighted by molar-refractivity contribution is -0.140. The van der Waals surface area contributed by atoms with Crippen LogP contribution in [-0.4, -0.2) is 31.2 Å². The molecule has 0 amide bonds. The van der Waals surface area contributed by atoms with E-state index in [0.717, 1.165) is 12.1 Å². The van der Waals surface area contributed by atoms with E-state index < -0.39 is 0 Å². The highest BCUT2D eigenvalue weighted by Gasteiger charge is 2.00. The summed E-state index contributed by atoms with van der Waals surface area (Å²) in [6, 6.07) is 3.75. The summed E-state index contributed by atoms with van der Waals surface area (Å²) in [6.45, 7) is 1.07. The number of methoxy groups -OCH3 is 1. The number of pyridine rings is 1. The molecule has 2 N–H and O–H groups in total. The van der Waals surface area contributed by atoms with Crippen molar-refractivity contribution >= 4 is 5.97 Å². The summed E-state index contributed by atoms with van der Waals surface area (Å²) in [4.78, 5) is 15.0. The largest absolute Gasteiger partial charge is 0.492 e. The predicted octanol–water partition coefficient (Wildman–Crippen LogP) is 0.915. The van der Waals surface area contributed by atoms with Crippen LogP contribution in [0.2, 0.25) is 0 Å². The molecule has 94 valence electrons. The van der Waals surface area contributed by atoms with Crippen molar-refractivity contribution in [1.82, 2.24) is 4.98 Å². The van der Waals surface area contributed by atoms with E-state index in [-0.39, 0.29) is 5.97 Å². The first-order valence-corrected chi connectivity index (χ1v) is 5.61. The molecule has 0 aliphatic heterocycles. The molecule has 0 aliphatic rings. The Morgan fingerprint density at radius 3 is 2.88 bits per heavy atom. The molecule has 0 aromatic carbocycles. The number of carbonyl (C=O) groups excluding carboxylic acids is 1. The van der Waals surface area contributed by atoms with Crippen LogP contribution in [0.4, 0.5) is 0 Å². The summed E-state index contributed by atoms with van der Waals surface area (Å²) >= 11 is 0. The molecule has 17 heavy (non-hydrogen) atoms. The zero-order valence-electron chi connectivity index (χ0n) is 10.0. The number of rotatable bonds is 7. The lowest BCUT2D eigenvalue weighted by Gasteiger charge is -2.05. The maximum atomic E-state index is 10.8. The van der Waals surface area contributed by atoms with E-state index in [4.69, 9.17) is 10.5 Å². The van der Waals surface area contributed by atoms with Gasteiger partial charge in [-0.25, -0.2) is 0 Å². The van der Waals surface area contributed by atoms with Crippen LogP contribution < -0.4 is 10.5 Å². The van der Waals surface area contributed by atoms with Crippen molar-refractivity contribution in [2.45, 2.75) is 19.3 Å². The summed E-state index contributed by atoms with van der Waals surface area (Å²) in [6.07, 6.45) is 3.44. The zero-order valence-corrected chi connectivity index (χ0v) is 10.0. The Bertz CT molecular complexity index is 338. The fourth-order valence-corrected chi connectivity index (χ4v) is 1.30. The monoisotopic (exact) mass is 238 g/mol. The predicted molar refractivity (Wildman–Crippen MR) is 63.7 cm³/mol. The molecule has 1 aromatic heterocycles. The molecule has 1 heterocycles. The Morgan fingerprint density at radius 2 is 2.29 bits per heavy atom. The first-order chi connectivity index (χ1) is 8.26. The Kier molecular flexibility index (Phi) is 6.03. The maximum absolute atomic E-state index is 10.8. The Hall–Kier alpha value is -1.62. The minimum atomic E-state index is -0.218. The van der Waals surface area contributed by atoms with E-state index in [2.05, 4.69) is 9.72 Å². The van der Waals surface area contributed by atoms with Crippen molar-refractivity contribution in [2.24, 2.45) is 5.73 Å². The molecule has 0 aliphatic carbocycles. The molecule has 5 nitrogen and oxygen atoms in total. The zero-order chi connectivity index (χ0) is 12.5. The second-order valence-electron chi connectivity index (χ2n) is 3.55. The average molecular weight is 238 g/mol. The second-order valence-corrected chi connectivity index (χ2v) is 3.55. The molecule has 0 spiro atoms. The van der Waals surface area contributed by atoms with Gasteiger partial charge in [0.05, 0.1) is 19.9 Å². The minimum absolute atomic E-state index is 0.218. The number of hydrogen-bond donors (Lipinski definition) is 1. The van der Waals surface area contributed by atoms with Gasteiger partial charge in [-0.1, -0.05) is 0 Å². The third-order valence-electron chi connectivity index (χ3n) is 2.22. The smallest absolute Gasteiger partial charge is 0.305 e. The van der Waals surface area contributed by atoms with Crippen molar-refractivity contribution < 1.29 is 14.3 Å². The van der Waals surface area contributed by atoms with Gasteiger partial charge in [0.1, 0.15) is 5.75 Å². The van der Waals surface area contributed by atoms with Gasteiger partial charge in [-0.2, -0.15) is 0 Å². The third-order valence-corrected chi connectivity index (χ3v) is 2.22. The number of ether oxygens (including phenoxy) is 2. The molecule has 1 aromatic rings. The number of esters is 1. The molecular formula is C12H18N2O3. The van der Waals surface area contributed by atoms with Crippen LogP contribution in [0.1, 0.15) is 18.5 Å². The summed E-state index contributed by atoms with van der Waals surface area (Å²) in [7, 11) is 1.38. The number of aromatic nitrogens is 1. The van der Waals surface area contributed by atoms with Gasteiger partial charge in [-0.05, 0) is 25.1 Å². The van der Waals surface area contributed by atoms with Gasteiger partial charge in [0, 0.05) is 18.5 Å². The molecule has 0 saturated heterocycles. The number of nitrogens with two attached hydrogens (primary N) is 1. The fourth-order valence-electron chi connectivity index (χ4n) is 1.30. The first kappa shape index (κ1) is 13.4. The summed E-state index contributed by atoms with van der Waals surface area (Å²) < 4.78 is 9.96. The van der Waals surface area contributed by atoms with Crippen LogP contribution in [0.15, 0.2) is 18.3 Å². The number of nitrogens with zero attached hydrogens (tertiary/aromatic N) is 1. The molecule has 0 unspecified atom stereocenters. The SMILES string of the molecule is COC(=O)CCCOc1ccc(CCN)nc1. The Balaban J connectivity index is 2.25. The quantitative estimate of drug-likeness (QED) is 0.564. The van der Waals surface area contributed by atoms with Gasteiger partial charge in [-0.3, -0.25) is 9.78 Å². The van der Waals surface area contributed by atoms with Crippen molar-refractivity contribution in [3.8, 4) is 5.75 Å². The second kappa shape index (κ2) is 7.62. The molecule has 0 atom stereocenters. The summed E-state index contributed by atoms with van der Waals surface area (Å²) in [5, 5.41) is 0. The highest BCUT2D eigenvalue weighted by molar-refractivity contribution is 5.68. The Morgan fingerprint density at radius 1 is 1.47 bits per heavy atom. The van der Waals surface area contributed by atoms with E-state index in [1.54, 1.807) is 6.20 Å². The molecule has 5 heteroatoms. The van der Waals surface area contributed by atoms with Gasteiger partial charge >= 0.3 is 5.97 Å². The van der Waals surface area contributed by atoms with E-state index in [1.807, 2.05) is 12.1 Å². The molecular weight excluding hydrogens is 220 g/mol. The standard InChI is InChI=1S/C12H18N2O3/c1-16-12(15)3-2-8-17-11-5-4-10(6-7-13)14-9-11/h4-5,9H,2-3,6-8,13H2,1H3. The van der Waals surface area contributed by atoms with Gasteiger partial charge in [-0.15, -0.1) is 0 Å². The van der Waals surface area contributed by atoms with Crippen LogP contribution in [0.25, 0.3) is 0 Å². The molecule has 0 saturated carbocycles. The van der Waals surface area contributed by atoms with E-state index in [0.29, 0.717) is 31.7 Å². The van der Waals surface area contributed by atoms with Crippen LogP contribution in [-0.2, 0) is 16.0 Å². The van der Waals surface area contributed by atoms with Crippen molar-refractivity contribution in [1.29, 1.82) is 0 Å². The average Bonchev–Trinajstić information content (AvgIpc) is 2.36. The van der Waals surface area contributed by atoms with Crippen molar-refractivity contribution in [2.75, 3.05) is 20.3 Å². The Labute approximate surface area is 101 Å². The summed E-state index contributed by atoms with van der Waals surface area (Å²) in [5.74, 6) is 0.487. The van der Waals surface area contributed by atoms with Crippen LogP contribution in [0.3, 0.4) is 0 Å². The lowest BCUT2D eigenvalue weighted by Crippen LogP contribution is -2.06. The molecule has 0 fully saturated rings. The van der Waals surface area contributed by atoms with Crippen LogP contribution in [0, 0.1) is 0 Å². The van der Waals surface area contributed by atoms with Crippen LogP contribution in [0.5, 0.6) is 5.75 Å². The number of carbonyl (C=O) groups is 1. The molecule has 0 radical (unpaired) electrons. The molecule has 1 rings (SSSR count). The van der Waals surface area contributed by atoms with Crippen LogP contribution >= 0.6 is 0 Å². The van der Waals surface area contributed by atoms with Crippen molar-refractivity contribution in [3.63, 3.8) is 0 Å². The minimum Gasteiger partial charge on any atom is -0.492 e. The van der Waals surface area contributed by atoms with Gasteiger partial charge < -0.3 is 15.2 Å². The highest BCUT2D eigenvalue weighted by atomic mass is 16.5. The first-order valence-electron chi connectivity index (χ1n) is 5.61. The fraction of sp³-hybridized carbons (Fsp3) is 0.500. The maximum Gasteiger partial charge on any atom is 0.305 e. The van der Waals surface area contributed by atoms with Gasteiger partial charge in [0.2, 0.25) is 0 Å². The lowest BCUT2D eigenvalue weighted by atomic mass is 10.3. The molecule has 0 bridgehead atoms. The topological polar surface area (TPSA) is 74.4 Å². The van der Waals surface area contributed by atoms with Gasteiger partial charge in [0.15, 0.2) is 0 Å². The number of hydrogen-bond acceptors (Lipinski definition) is 5. The van der Waals surface area contributed by atoms with E-state index >= 15 is 0 Å². The summed E-state index contributed by atoms with van der Waals surface area (Å²) in [5.41, 5.74) is 6.38. The van der Waals surface area contributed by atoms with Gasteiger partial charge in [0.25, 0.3) is 0 Å². The van der Waals surface area contributed by atoms with E-state index in [1.165, 1.54) is 7.11 Å². The highest BCUT2D eigenvalue weighted by Crippen LogP contribution is 2.10. The van der Waals surface area contributed by atoms with Crippen molar-refractivity contribution in [3.05, 3.63) is 24.0 Å². The van der Waals surface area contributed by atoms with E-state index in [9.17, 15) is 4.79 Å². The third kappa shape index (κ3) is 5.31. The normalized spacial score (nSPS) is 10.0.